The van der Waals surface area contributed by atoms with Crippen LogP contribution in [0.15, 0.2) is 53.4 Å². The standard InChI is InChI=1S/C22H24O3S/c1-17-15-19(26-14-8-11-18-9-6-5-7-10-18)12-13-20(17)24-16-21(23)25-22(2,3)4/h5-7,9-10,12-13,15H,14,16H2,1-4H3. The van der Waals surface area contributed by atoms with Crippen LogP contribution in [0, 0.1) is 18.8 Å². The molecule has 0 atom stereocenters. The van der Waals surface area contributed by atoms with E-state index in [1.165, 1.54) is 0 Å². The number of carbonyl (C=O) groups is 1. The van der Waals surface area contributed by atoms with Crippen LogP contribution in [-0.2, 0) is 9.53 Å². The number of benzene rings is 2. The normalized spacial score (nSPS) is 10.6. The number of rotatable bonds is 5. The molecule has 0 amide bonds. The first kappa shape index (κ1) is 19.9. The minimum Gasteiger partial charge on any atom is -0.482 e. The van der Waals surface area contributed by atoms with Gasteiger partial charge in [0.25, 0.3) is 0 Å². The summed E-state index contributed by atoms with van der Waals surface area (Å²) < 4.78 is 10.8. The van der Waals surface area contributed by atoms with Crippen LogP contribution >= 0.6 is 11.8 Å². The van der Waals surface area contributed by atoms with Crippen molar-refractivity contribution < 1.29 is 14.3 Å². The smallest absolute Gasteiger partial charge is 0.344 e. The third-order valence-electron chi connectivity index (χ3n) is 3.23. The van der Waals surface area contributed by atoms with E-state index in [1.54, 1.807) is 11.8 Å². The average Bonchev–Trinajstić information content (AvgIpc) is 2.57. The van der Waals surface area contributed by atoms with E-state index in [-0.39, 0.29) is 12.6 Å². The lowest BCUT2D eigenvalue weighted by molar-refractivity contribution is -0.157. The van der Waals surface area contributed by atoms with Crippen molar-refractivity contribution in [2.45, 2.75) is 38.2 Å². The monoisotopic (exact) mass is 368 g/mol. The lowest BCUT2D eigenvalue weighted by atomic mass is 10.2. The molecule has 136 valence electrons. The zero-order valence-corrected chi connectivity index (χ0v) is 16.5. The van der Waals surface area contributed by atoms with Crippen molar-refractivity contribution in [1.29, 1.82) is 0 Å². The summed E-state index contributed by atoms with van der Waals surface area (Å²) in [6.45, 7) is 7.38. The number of carbonyl (C=O) groups excluding carboxylic acids is 1. The molecule has 2 rings (SSSR count). The second-order valence-electron chi connectivity index (χ2n) is 6.76. The third-order valence-corrected chi connectivity index (χ3v) is 4.11. The highest BCUT2D eigenvalue weighted by Crippen LogP contribution is 2.25. The van der Waals surface area contributed by atoms with E-state index in [2.05, 4.69) is 11.8 Å². The van der Waals surface area contributed by atoms with Gasteiger partial charge in [0, 0.05) is 10.5 Å². The first-order chi connectivity index (χ1) is 12.3. The molecule has 0 radical (unpaired) electrons. The summed E-state index contributed by atoms with van der Waals surface area (Å²) in [6.07, 6.45) is 0. The topological polar surface area (TPSA) is 35.5 Å². The Kier molecular flexibility index (Phi) is 7.17. The predicted octanol–water partition coefficient (Wildman–Crippen LogP) is 4.86. The molecule has 0 spiro atoms. The average molecular weight is 368 g/mol. The number of hydrogen-bond donors (Lipinski definition) is 0. The first-order valence-electron chi connectivity index (χ1n) is 8.45. The van der Waals surface area contributed by atoms with E-state index in [9.17, 15) is 4.79 Å². The third kappa shape index (κ3) is 7.25. The van der Waals surface area contributed by atoms with Crippen LogP contribution in [0.5, 0.6) is 5.75 Å². The van der Waals surface area contributed by atoms with Gasteiger partial charge in [-0.05, 0) is 63.6 Å². The zero-order chi connectivity index (χ0) is 19.0. The molecule has 2 aromatic carbocycles. The van der Waals surface area contributed by atoms with Crippen LogP contribution in [0.2, 0.25) is 0 Å². The molecule has 0 aliphatic carbocycles. The van der Waals surface area contributed by atoms with Gasteiger partial charge in [0.2, 0.25) is 0 Å². The minimum absolute atomic E-state index is 0.0901. The summed E-state index contributed by atoms with van der Waals surface area (Å²) in [5, 5.41) is 0. The van der Waals surface area contributed by atoms with Gasteiger partial charge in [-0.3, -0.25) is 0 Å². The number of esters is 1. The Morgan fingerprint density at radius 1 is 1.12 bits per heavy atom. The predicted molar refractivity (Wildman–Crippen MR) is 107 cm³/mol. The van der Waals surface area contributed by atoms with E-state index < -0.39 is 5.60 Å². The van der Waals surface area contributed by atoms with Crippen LogP contribution in [0.25, 0.3) is 0 Å². The summed E-state index contributed by atoms with van der Waals surface area (Å²) in [6, 6.07) is 15.8. The van der Waals surface area contributed by atoms with Crippen LogP contribution in [0.1, 0.15) is 31.9 Å². The maximum atomic E-state index is 11.7. The van der Waals surface area contributed by atoms with Gasteiger partial charge in [0.05, 0.1) is 5.75 Å². The molecule has 2 aromatic rings. The lowest BCUT2D eigenvalue weighted by Crippen LogP contribution is -2.27. The number of ether oxygens (including phenoxy) is 2. The molecular weight excluding hydrogens is 344 g/mol. The zero-order valence-electron chi connectivity index (χ0n) is 15.7. The molecular formula is C22H24O3S. The van der Waals surface area contributed by atoms with E-state index >= 15 is 0 Å². The molecule has 3 nitrogen and oxygen atoms in total. The van der Waals surface area contributed by atoms with Gasteiger partial charge in [-0.1, -0.05) is 30.0 Å². The largest absolute Gasteiger partial charge is 0.482 e. The summed E-state index contributed by atoms with van der Waals surface area (Å²) in [5.74, 6) is 7.35. The van der Waals surface area contributed by atoms with Crippen molar-refractivity contribution in [2.75, 3.05) is 12.4 Å². The highest BCUT2D eigenvalue weighted by Gasteiger charge is 2.16. The molecule has 0 aliphatic heterocycles. The highest BCUT2D eigenvalue weighted by molar-refractivity contribution is 7.99. The summed E-state index contributed by atoms with van der Waals surface area (Å²) in [4.78, 5) is 12.9. The first-order valence-corrected chi connectivity index (χ1v) is 9.44. The van der Waals surface area contributed by atoms with Crippen molar-refractivity contribution in [1.82, 2.24) is 0 Å². The summed E-state index contributed by atoms with van der Waals surface area (Å²) >= 11 is 1.67. The molecule has 0 fully saturated rings. The van der Waals surface area contributed by atoms with Gasteiger partial charge in [0.15, 0.2) is 6.61 Å². The van der Waals surface area contributed by atoms with Crippen molar-refractivity contribution in [2.24, 2.45) is 0 Å². The Balaban J connectivity index is 1.85. The highest BCUT2D eigenvalue weighted by atomic mass is 32.2. The van der Waals surface area contributed by atoms with Crippen molar-refractivity contribution in [3.05, 3.63) is 59.7 Å². The van der Waals surface area contributed by atoms with E-state index in [0.717, 1.165) is 16.0 Å². The maximum Gasteiger partial charge on any atom is 0.344 e. The Morgan fingerprint density at radius 3 is 2.50 bits per heavy atom. The molecule has 0 aliphatic rings. The molecule has 0 aromatic heterocycles. The fourth-order valence-corrected chi connectivity index (χ4v) is 2.90. The quantitative estimate of drug-likeness (QED) is 0.429. The molecule has 26 heavy (non-hydrogen) atoms. The SMILES string of the molecule is Cc1cc(SCC#Cc2ccccc2)ccc1OCC(=O)OC(C)(C)C. The second-order valence-corrected chi connectivity index (χ2v) is 7.81. The van der Waals surface area contributed by atoms with Crippen LogP contribution < -0.4 is 4.74 Å². The Morgan fingerprint density at radius 2 is 1.85 bits per heavy atom. The van der Waals surface area contributed by atoms with Gasteiger partial charge >= 0.3 is 5.97 Å². The van der Waals surface area contributed by atoms with E-state index in [0.29, 0.717) is 11.5 Å². The molecule has 0 bridgehead atoms. The molecule has 0 N–H and O–H groups in total. The van der Waals surface area contributed by atoms with Gasteiger partial charge in [-0.25, -0.2) is 4.79 Å². The number of hydrogen-bond acceptors (Lipinski definition) is 4. The van der Waals surface area contributed by atoms with Gasteiger partial charge < -0.3 is 9.47 Å². The van der Waals surface area contributed by atoms with Gasteiger partial charge in [-0.2, -0.15) is 0 Å². The molecule has 0 heterocycles. The van der Waals surface area contributed by atoms with Crippen LogP contribution in [0.4, 0.5) is 0 Å². The van der Waals surface area contributed by atoms with E-state index in [1.807, 2.05) is 76.2 Å². The van der Waals surface area contributed by atoms with Gasteiger partial charge in [-0.15, -0.1) is 11.8 Å². The minimum atomic E-state index is -0.503. The van der Waals surface area contributed by atoms with Gasteiger partial charge in [0.1, 0.15) is 11.4 Å². The Bertz CT molecular complexity index is 796. The fourth-order valence-electron chi connectivity index (χ4n) is 2.16. The summed E-state index contributed by atoms with van der Waals surface area (Å²) in [7, 11) is 0. The molecule has 4 heteroatoms. The van der Waals surface area contributed by atoms with Crippen molar-refractivity contribution >= 4 is 17.7 Å². The van der Waals surface area contributed by atoms with Crippen molar-refractivity contribution in [3.8, 4) is 17.6 Å². The number of thioether (sulfide) groups is 1. The van der Waals surface area contributed by atoms with Crippen LogP contribution in [0.3, 0.4) is 0 Å². The van der Waals surface area contributed by atoms with Crippen molar-refractivity contribution in [3.63, 3.8) is 0 Å². The molecule has 0 saturated carbocycles. The lowest BCUT2D eigenvalue weighted by Gasteiger charge is -2.19. The van der Waals surface area contributed by atoms with E-state index in [4.69, 9.17) is 9.47 Å². The Hall–Kier alpha value is -2.38. The second kappa shape index (κ2) is 9.35. The molecule has 0 unspecified atom stereocenters. The maximum absolute atomic E-state index is 11.7. The fraction of sp³-hybridized carbons (Fsp3) is 0.318. The van der Waals surface area contributed by atoms with Crippen LogP contribution in [-0.4, -0.2) is 23.9 Å². The number of aryl methyl sites for hydroxylation is 1. The Labute approximate surface area is 160 Å². The summed E-state index contributed by atoms with van der Waals surface area (Å²) in [5.41, 5.74) is 1.50. The molecule has 0 saturated heterocycles.